The van der Waals surface area contributed by atoms with E-state index in [1.807, 2.05) is 19.0 Å². The average molecular weight is 327 g/mol. The van der Waals surface area contributed by atoms with Crippen molar-refractivity contribution >= 4 is 27.7 Å². The molecule has 0 atom stereocenters. The fourth-order valence-corrected chi connectivity index (χ4v) is 3.12. The highest BCUT2D eigenvalue weighted by atomic mass is 79.9. The molecule has 1 N–H and O–H groups in total. The van der Waals surface area contributed by atoms with E-state index in [0.29, 0.717) is 5.92 Å². The van der Waals surface area contributed by atoms with Gasteiger partial charge in [-0.25, -0.2) is 4.98 Å². The van der Waals surface area contributed by atoms with E-state index in [2.05, 4.69) is 33.2 Å². The van der Waals surface area contributed by atoms with Crippen LogP contribution in [0, 0.1) is 0 Å². The van der Waals surface area contributed by atoms with Gasteiger partial charge >= 0.3 is 0 Å². The largest absolute Gasteiger partial charge is 0.369 e. The standard InChI is InChI=1S/C14H23BrN4/c1-4-9-16-13-11(15)12(10-7-5-6-8-10)17-14(18-13)19(2)3/h10H,4-9H2,1-3H3,(H,16,17,18). The Kier molecular flexibility index (Phi) is 5.02. The first-order valence-corrected chi connectivity index (χ1v) is 7.91. The van der Waals surface area contributed by atoms with Gasteiger partial charge in [0.15, 0.2) is 0 Å². The quantitative estimate of drug-likeness (QED) is 0.893. The van der Waals surface area contributed by atoms with Crippen LogP contribution in [0.2, 0.25) is 0 Å². The first-order chi connectivity index (χ1) is 9.13. The van der Waals surface area contributed by atoms with Gasteiger partial charge in [-0.2, -0.15) is 4.98 Å². The highest BCUT2D eigenvalue weighted by molar-refractivity contribution is 9.10. The topological polar surface area (TPSA) is 41.1 Å². The van der Waals surface area contributed by atoms with Crippen molar-refractivity contribution in [3.8, 4) is 0 Å². The van der Waals surface area contributed by atoms with Crippen LogP contribution in [0.1, 0.15) is 50.6 Å². The Morgan fingerprint density at radius 2 is 1.95 bits per heavy atom. The lowest BCUT2D eigenvalue weighted by atomic mass is 10.0. The average Bonchev–Trinajstić information content (AvgIpc) is 2.91. The summed E-state index contributed by atoms with van der Waals surface area (Å²) in [5.41, 5.74) is 1.18. The third kappa shape index (κ3) is 3.38. The van der Waals surface area contributed by atoms with E-state index in [4.69, 9.17) is 4.98 Å². The summed E-state index contributed by atoms with van der Waals surface area (Å²) in [7, 11) is 3.98. The minimum Gasteiger partial charge on any atom is -0.369 e. The van der Waals surface area contributed by atoms with Gasteiger partial charge in [0, 0.05) is 26.6 Å². The summed E-state index contributed by atoms with van der Waals surface area (Å²) < 4.78 is 1.05. The fourth-order valence-electron chi connectivity index (χ4n) is 2.48. The summed E-state index contributed by atoms with van der Waals surface area (Å²) in [5, 5.41) is 3.40. The van der Waals surface area contributed by atoms with Crippen molar-refractivity contribution < 1.29 is 0 Å². The van der Waals surface area contributed by atoms with Crippen LogP contribution in [0.25, 0.3) is 0 Å². The number of hydrogen-bond donors (Lipinski definition) is 1. The monoisotopic (exact) mass is 326 g/mol. The third-order valence-electron chi connectivity index (χ3n) is 3.55. The fraction of sp³-hybridized carbons (Fsp3) is 0.714. The Morgan fingerprint density at radius 3 is 2.53 bits per heavy atom. The number of rotatable bonds is 5. The number of halogens is 1. The molecule has 0 unspecified atom stereocenters. The molecule has 0 bridgehead atoms. The first kappa shape index (κ1) is 14.6. The van der Waals surface area contributed by atoms with Crippen molar-refractivity contribution in [1.29, 1.82) is 0 Å². The van der Waals surface area contributed by atoms with Crippen LogP contribution in [-0.4, -0.2) is 30.6 Å². The van der Waals surface area contributed by atoms with E-state index in [1.165, 1.54) is 31.4 Å². The van der Waals surface area contributed by atoms with Gasteiger partial charge in [0.25, 0.3) is 0 Å². The second kappa shape index (κ2) is 6.55. The van der Waals surface area contributed by atoms with Gasteiger partial charge in [-0.1, -0.05) is 19.8 Å². The van der Waals surface area contributed by atoms with Crippen LogP contribution in [-0.2, 0) is 0 Å². The molecule has 1 fully saturated rings. The predicted molar refractivity (Wildman–Crippen MR) is 84.0 cm³/mol. The molecular formula is C14H23BrN4. The second-order valence-electron chi connectivity index (χ2n) is 5.37. The number of nitrogens with one attached hydrogen (secondary N) is 1. The van der Waals surface area contributed by atoms with Gasteiger partial charge in [-0.15, -0.1) is 0 Å². The maximum absolute atomic E-state index is 4.75. The van der Waals surface area contributed by atoms with Crippen molar-refractivity contribution in [1.82, 2.24) is 9.97 Å². The van der Waals surface area contributed by atoms with Crippen LogP contribution in [0.4, 0.5) is 11.8 Å². The van der Waals surface area contributed by atoms with Gasteiger partial charge in [-0.05, 0) is 35.2 Å². The highest BCUT2D eigenvalue weighted by Crippen LogP contribution is 2.39. The smallest absolute Gasteiger partial charge is 0.227 e. The van der Waals surface area contributed by atoms with Crippen molar-refractivity contribution in [2.24, 2.45) is 0 Å². The van der Waals surface area contributed by atoms with Crippen molar-refractivity contribution in [2.45, 2.75) is 44.9 Å². The molecule has 1 heterocycles. The second-order valence-corrected chi connectivity index (χ2v) is 6.17. The van der Waals surface area contributed by atoms with Gasteiger partial charge < -0.3 is 10.2 Å². The zero-order valence-electron chi connectivity index (χ0n) is 12.0. The molecule has 1 saturated carbocycles. The summed E-state index contributed by atoms with van der Waals surface area (Å²) in [6, 6.07) is 0. The van der Waals surface area contributed by atoms with Crippen LogP contribution in [0.15, 0.2) is 4.47 Å². The Labute approximate surface area is 124 Å². The van der Waals surface area contributed by atoms with Crippen LogP contribution in [0.5, 0.6) is 0 Å². The molecule has 0 spiro atoms. The van der Waals surface area contributed by atoms with Crippen LogP contribution in [0.3, 0.4) is 0 Å². The molecule has 1 aromatic rings. The Morgan fingerprint density at radius 1 is 1.26 bits per heavy atom. The lowest BCUT2D eigenvalue weighted by Crippen LogP contribution is -2.17. The molecule has 4 nitrogen and oxygen atoms in total. The molecule has 0 aliphatic heterocycles. The zero-order chi connectivity index (χ0) is 13.8. The molecule has 1 aromatic heterocycles. The van der Waals surface area contributed by atoms with Crippen molar-refractivity contribution in [3.05, 3.63) is 10.2 Å². The van der Waals surface area contributed by atoms with E-state index in [-0.39, 0.29) is 0 Å². The number of aromatic nitrogens is 2. The van der Waals surface area contributed by atoms with E-state index in [9.17, 15) is 0 Å². The van der Waals surface area contributed by atoms with Gasteiger partial charge in [0.05, 0.1) is 10.2 Å². The molecule has 19 heavy (non-hydrogen) atoms. The predicted octanol–water partition coefficient (Wildman–Crippen LogP) is 3.78. The number of anilines is 2. The molecule has 2 rings (SSSR count). The molecule has 0 saturated heterocycles. The molecule has 0 aromatic carbocycles. The Balaban J connectivity index is 2.36. The highest BCUT2D eigenvalue weighted by Gasteiger charge is 2.24. The minimum atomic E-state index is 0.582. The lowest BCUT2D eigenvalue weighted by molar-refractivity contribution is 0.688. The third-order valence-corrected chi connectivity index (χ3v) is 4.33. The van der Waals surface area contributed by atoms with Crippen LogP contribution >= 0.6 is 15.9 Å². The maximum Gasteiger partial charge on any atom is 0.227 e. The van der Waals surface area contributed by atoms with Crippen molar-refractivity contribution in [3.63, 3.8) is 0 Å². The Hall–Kier alpha value is -0.840. The summed E-state index contributed by atoms with van der Waals surface area (Å²) in [6.45, 7) is 3.10. The van der Waals surface area contributed by atoms with Gasteiger partial charge in [0.1, 0.15) is 5.82 Å². The Bertz CT molecular complexity index is 428. The summed E-state index contributed by atoms with van der Waals surface area (Å²) >= 11 is 3.70. The lowest BCUT2D eigenvalue weighted by Gasteiger charge is -2.19. The van der Waals surface area contributed by atoms with Crippen molar-refractivity contribution in [2.75, 3.05) is 30.9 Å². The first-order valence-electron chi connectivity index (χ1n) is 7.12. The van der Waals surface area contributed by atoms with E-state index >= 15 is 0 Å². The summed E-state index contributed by atoms with van der Waals surface area (Å²) in [6.07, 6.45) is 6.21. The van der Waals surface area contributed by atoms with E-state index in [1.54, 1.807) is 0 Å². The van der Waals surface area contributed by atoms with E-state index < -0.39 is 0 Å². The number of hydrogen-bond acceptors (Lipinski definition) is 4. The van der Waals surface area contributed by atoms with E-state index in [0.717, 1.165) is 29.2 Å². The molecule has 106 valence electrons. The molecule has 1 aliphatic rings. The minimum absolute atomic E-state index is 0.582. The summed E-state index contributed by atoms with van der Waals surface area (Å²) in [4.78, 5) is 11.3. The molecule has 0 amide bonds. The summed E-state index contributed by atoms with van der Waals surface area (Å²) in [5.74, 6) is 2.31. The van der Waals surface area contributed by atoms with Crippen LogP contribution < -0.4 is 10.2 Å². The zero-order valence-corrected chi connectivity index (χ0v) is 13.6. The molecule has 1 aliphatic carbocycles. The van der Waals surface area contributed by atoms with Gasteiger partial charge in [0.2, 0.25) is 5.95 Å². The molecule has 0 radical (unpaired) electrons. The molecule has 5 heteroatoms. The molecular weight excluding hydrogens is 304 g/mol. The maximum atomic E-state index is 4.75. The SMILES string of the molecule is CCCNc1nc(N(C)C)nc(C2CCCC2)c1Br. The normalized spacial score (nSPS) is 15.8. The van der Waals surface area contributed by atoms with Gasteiger partial charge in [-0.3, -0.25) is 0 Å². The number of nitrogens with zero attached hydrogens (tertiary/aromatic N) is 3.